The van der Waals surface area contributed by atoms with Gasteiger partial charge in [0, 0.05) is 19.8 Å². The van der Waals surface area contributed by atoms with Gasteiger partial charge in [0.05, 0.1) is 11.1 Å². The van der Waals surface area contributed by atoms with Gasteiger partial charge in [0.15, 0.2) is 0 Å². The molecule has 0 amide bonds. The molecule has 1 aromatic heterocycles. The first-order chi connectivity index (χ1) is 11.8. The fraction of sp³-hybridized carbons (Fsp3) is 0.294. The molecular formula is C17H16F3N3O2. The van der Waals surface area contributed by atoms with E-state index in [4.69, 9.17) is 10.00 Å². The number of nitrogens with zero attached hydrogens (tertiary/aromatic N) is 3. The Morgan fingerprint density at radius 2 is 2.00 bits per heavy atom. The highest BCUT2D eigenvalue weighted by Crippen LogP contribution is 2.35. The summed E-state index contributed by atoms with van der Waals surface area (Å²) in [5, 5.41) is 19.1. The molecule has 0 aliphatic rings. The molecule has 0 saturated carbocycles. The summed E-state index contributed by atoms with van der Waals surface area (Å²) in [6, 6.07) is 10.0. The first kappa shape index (κ1) is 18.5. The number of anilines is 1. The van der Waals surface area contributed by atoms with Gasteiger partial charge in [0.25, 0.3) is 0 Å². The molecule has 0 fully saturated rings. The standard InChI is InChI=1S/C17H16F3N3O2/c1-23(16-12(9-21)5-4-8-22-16)10-13(24)11-25-15-7-3-2-6-14(15)17(18,19)20/h2-8,13,24H,10-11H2,1H3. The van der Waals surface area contributed by atoms with Crippen molar-refractivity contribution in [1.29, 1.82) is 5.26 Å². The van der Waals surface area contributed by atoms with Crippen molar-refractivity contribution in [2.45, 2.75) is 12.3 Å². The van der Waals surface area contributed by atoms with E-state index < -0.39 is 17.8 Å². The largest absolute Gasteiger partial charge is 0.490 e. The molecule has 0 aliphatic heterocycles. The van der Waals surface area contributed by atoms with Crippen LogP contribution in [0.4, 0.5) is 19.0 Å². The van der Waals surface area contributed by atoms with Crippen molar-refractivity contribution in [3.05, 3.63) is 53.7 Å². The maximum atomic E-state index is 12.9. The van der Waals surface area contributed by atoms with Crippen molar-refractivity contribution in [2.24, 2.45) is 0 Å². The van der Waals surface area contributed by atoms with Crippen molar-refractivity contribution in [2.75, 3.05) is 25.1 Å². The summed E-state index contributed by atoms with van der Waals surface area (Å²) >= 11 is 0. The average molecular weight is 351 g/mol. The van der Waals surface area contributed by atoms with E-state index in [1.54, 1.807) is 24.1 Å². The predicted molar refractivity (Wildman–Crippen MR) is 85.2 cm³/mol. The fourth-order valence-electron chi connectivity index (χ4n) is 2.26. The Bertz CT molecular complexity index is 759. The van der Waals surface area contributed by atoms with Gasteiger partial charge in [-0.15, -0.1) is 0 Å². The molecular weight excluding hydrogens is 335 g/mol. The number of likely N-dealkylation sites (N-methyl/N-ethyl adjacent to an activating group) is 1. The third-order valence-electron chi connectivity index (χ3n) is 3.38. The lowest BCUT2D eigenvalue weighted by Crippen LogP contribution is -2.34. The summed E-state index contributed by atoms with van der Waals surface area (Å²) in [4.78, 5) is 5.61. The van der Waals surface area contributed by atoms with Gasteiger partial charge in [0.1, 0.15) is 30.3 Å². The average Bonchev–Trinajstić information content (AvgIpc) is 2.59. The Morgan fingerprint density at radius 1 is 1.28 bits per heavy atom. The van der Waals surface area contributed by atoms with Crippen molar-refractivity contribution in [3.8, 4) is 11.8 Å². The molecule has 1 unspecified atom stereocenters. The summed E-state index contributed by atoms with van der Waals surface area (Å²) in [6.07, 6.45) is -4.09. The Morgan fingerprint density at radius 3 is 2.68 bits per heavy atom. The smallest absolute Gasteiger partial charge is 0.419 e. The molecule has 8 heteroatoms. The summed E-state index contributed by atoms with van der Waals surface area (Å²) in [6.45, 7) is -0.286. The summed E-state index contributed by atoms with van der Waals surface area (Å²) in [5.74, 6) is 0.0343. The Hall–Kier alpha value is -2.79. The zero-order valence-corrected chi connectivity index (χ0v) is 13.4. The second-order valence-electron chi connectivity index (χ2n) is 5.33. The van der Waals surface area contributed by atoms with Crippen LogP contribution in [0.2, 0.25) is 0 Å². The number of hydrogen-bond acceptors (Lipinski definition) is 5. The van der Waals surface area contributed by atoms with Crippen LogP contribution in [0.5, 0.6) is 5.75 Å². The van der Waals surface area contributed by atoms with E-state index in [2.05, 4.69) is 4.98 Å². The lowest BCUT2D eigenvalue weighted by atomic mass is 10.2. The number of para-hydroxylation sites is 1. The van der Waals surface area contributed by atoms with Gasteiger partial charge in [-0.1, -0.05) is 12.1 Å². The summed E-state index contributed by atoms with van der Waals surface area (Å²) in [5.41, 5.74) is -0.562. The molecule has 1 aromatic carbocycles. The van der Waals surface area contributed by atoms with Crippen LogP contribution in [0.25, 0.3) is 0 Å². The number of hydrogen-bond donors (Lipinski definition) is 1. The van der Waals surface area contributed by atoms with Gasteiger partial charge >= 0.3 is 6.18 Å². The monoisotopic (exact) mass is 351 g/mol. The van der Waals surface area contributed by atoms with Gasteiger partial charge in [-0.3, -0.25) is 0 Å². The van der Waals surface area contributed by atoms with Crippen LogP contribution in [0, 0.1) is 11.3 Å². The van der Waals surface area contributed by atoms with E-state index in [0.29, 0.717) is 11.4 Å². The first-order valence-corrected chi connectivity index (χ1v) is 7.36. The molecule has 0 aliphatic carbocycles. The van der Waals surface area contributed by atoms with Crippen LogP contribution in [-0.2, 0) is 6.18 Å². The number of rotatable bonds is 6. The quantitative estimate of drug-likeness (QED) is 0.867. The molecule has 0 bridgehead atoms. The zero-order valence-electron chi connectivity index (χ0n) is 13.4. The van der Waals surface area contributed by atoms with Crippen molar-refractivity contribution in [3.63, 3.8) is 0 Å². The molecule has 25 heavy (non-hydrogen) atoms. The van der Waals surface area contributed by atoms with Crippen LogP contribution in [0.1, 0.15) is 11.1 Å². The van der Waals surface area contributed by atoms with Crippen LogP contribution < -0.4 is 9.64 Å². The lowest BCUT2D eigenvalue weighted by Gasteiger charge is -2.23. The van der Waals surface area contributed by atoms with E-state index in [-0.39, 0.29) is 18.9 Å². The zero-order chi connectivity index (χ0) is 18.4. The van der Waals surface area contributed by atoms with Gasteiger partial charge in [-0.25, -0.2) is 4.98 Å². The third-order valence-corrected chi connectivity index (χ3v) is 3.38. The fourth-order valence-corrected chi connectivity index (χ4v) is 2.26. The maximum absolute atomic E-state index is 12.9. The molecule has 0 radical (unpaired) electrons. The molecule has 2 rings (SSSR count). The highest BCUT2D eigenvalue weighted by molar-refractivity contribution is 5.52. The molecule has 1 heterocycles. The van der Waals surface area contributed by atoms with Crippen molar-refractivity contribution < 1.29 is 23.0 Å². The number of pyridine rings is 1. The number of ether oxygens (including phenoxy) is 1. The molecule has 0 saturated heterocycles. The number of aliphatic hydroxyl groups is 1. The van der Waals surface area contributed by atoms with Gasteiger partial charge in [-0.05, 0) is 24.3 Å². The molecule has 132 valence electrons. The number of benzene rings is 1. The Labute approximate surface area is 142 Å². The lowest BCUT2D eigenvalue weighted by molar-refractivity contribution is -0.139. The minimum atomic E-state index is -4.53. The summed E-state index contributed by atoms with van der Waals surface area (Å²) in [7, 11) is 1.62. The van der Waals surface area contributed by atoms with E-state index >= 15 is 0 Å². The van der Waals surface area contributed by atoms with Gasteiger partial charge < -0.3 is 14.7 Å². The van der Waals surface area contributed by atoms with Crippen LogP contribution >= 0.6 is 0 Å². The van der Waals surface area contributed by atoms with Crippen molar-refractivity contribution >= 4 is 5.82 Å². The molecule has 2 aromatic rings. The number of aliphatic hydroxyl groups excluding tert-OH is 1. The first-order valence-electron chi connectivity index (χ1n) is 7.36. The molecule has 1 atom stereocenters. The van der Waals surface area contributed by atoms with Crippen LogP contribution in [0.3, 0.4) is 0 Å². The predicted octanol–water partition coefficient (Wildman–Crippen LogP) is 2.85. The van der Waals surface area contributed by atoms with Crippen LogP contribution in [0.15, 0.2) is 42.6 Å². The maximum Gasteiger partial charge on any atom is 0.419 e. The topological polar surface area (TPSA) is 69.4 Å². The molecule has 1 N–H and O–H groups in total. The number of aromatic nitrogens is 1. The highest BCUT2D eigenvalue weighted by atomic mass is 19.4. The minimum Gasteiger partial charge on any atom is -0.490 e. The van der Waals surface area contributed by atoms with Gasteiger partial charge in [0.2, 0.25) is 0 Å². The van der Waals surface area contributed by atoms with E-state index in [9.17, 15) is 18.3 Å². The molecule has 0 spiro atoms. The second kappa shape index (κ2) is 7.85. The van der Waals surface area contributed by atoms with Gasteiger partial charge in [-0.2, -0.15) is 18.4 Å². The van der Waals surface area contributed by atoms with Crippen molar-refractivity contribution in [1.82, 2.24) is 4.98 Å². The number of halogens is 3. The SMILES string of the molecule is CN(CC(O)COc1ccccc1C(F)(F)F)c1ncccc1C#N. The Balaban J connectivity index is 2.00. The van der Waals surface area contributed by atoms with E-state index in [1.807, 2.05) is 6.07 Å². The Kier molecular flexibility index (Phi) is 5.83. The minimum absolute atomic E-state index is 0.0415. The molecule has 5 nitrogen and oxygen atoms in total. The second-order valence-corrected chi connectivity index (χ2v) is 5.33. The van der Waals surface area contributed by atoms with Crippen LogP contribution in [-0.4, -0.2) is 36.4 Å². The highest BCUT2D eigenvalue weighted by Gasteiger charge is 2.34. The number of nitriles is 1. The summed E-state index contributed by atoms with van der Waals surface area (Å²) < 4.78 is 43.8. The van der Waals surface area contributed by atoms with E-state index in [1.165, 1.54) is 24.4 Å². The number of alkyl halides is 3. The third kappa shape index (κ3) is 4.84. The normalized spacial score (nSPS) is 12.3. The van der Waals surface area contributed by atoms with E-state index in [0.717, 1.165) is 6.07 Å².